The average Bonchev–Trinajstić information content (AvgIpc) is 3.14. The molecule has 23 heavy (non-hydrogen) atoms. The number of nitrogens with zero attached hydrogens (tertiary/aromatic N) is 1. The molecule has 0 aromatic heterocycles. The normalized spacial score (nSPS) is 29.6. The quantitative estimate of drug-likeness (QED) is 0.896. The number of carbonyl (C=O) groups is 2. The summed E-state index contributed by atoms with van der Waals surface area (Å²) in [5, 5.41) is 10.1. The van der Waals surface area contributed by atoms with Crippen molar-refractivity contribution in [2.24, 2.45) is 11.8 Å². The molecule has 2 unspecified atom stereocenters. The Bertz CT molecular complexity index is 603. The van der Waals surface area contributed by atoms with Crippen molar-refractivity contribution in [3.8, 4) is 0 Å². The van der Waals surface area contributed by atoms with Crippen molar-refractivity contribution < 1.29 is 19.4 Å². The van der Waals surface area contributed by atoms with Crippen LogP contribution in [0.5, 0.6) is 0 Å². The minimum Gasteiger partial charge on any atom is -0.481 e. The zero-order valence-corrected chi connectivity index (χ0v) is 13.7. The lowest BCUT2D eigenvalue weighted by atomic mass is 9.89. The van der Waals surface area contributed by atoms with Gasteiger partial charge in [0.1, 0.15) is 0 Å². The van der Waals surface area contributed by atoms with Gasteiger partial charge in [0.05, 0.1) is 17.9 Å². The first kappa shape index (κ1) is 16.3. The predicted octanol–water partition coefficient (Wildman–Crippen LogP) is 2.39. The molecule has 2 aliphatic rings. The highest BCUT2D eigenvalue weighted by Crippen LogP contribution is 2.39. The molecule has 1 aliphatic carbocycles. The number of carboxylic acid groups (broad SMARTS) is 1. The molecule has 1 amide bonds. The van der Waals surface area contributed by atoms with E-state index in [4.69, 9.17) is 16.3 Å². The summed E-state index contributed by atoms with van der Waals surface area (Å²) in [5.74, 6) is -1.72. The molecule has 124 valence electrons. The van der Waals surface area contributed by atoms with E-state index in [1.54, 1.807) is 17.0 Å². The predicted molar refractivity (Wildman–Crippen MR) is 85.4 cm³/mol. The van der Waals surface area contributed by atoms with Crippen LogP contribution in [0, 0.1) is 11.8 Å². The summed E-state index contributed by atoms with van der Waals surface area (Å²) in [7, 11) is 0. The maximum Gasteiger partial charge on any atom is 0.308 e. The van der Waals surface area contributed by atoms with Crippen molar-refractivity contribution in [2.45, 2.75) is 25.4 Å². The number of aliphatic carboxylic acids is 1. The Morgan fingerprint density at radius 2 is 1.96 bits per heavy atom. The zero-order valence-electron chi connectivity index (χ0n) is 12.9. The van der Waals surface area contributed by atoms with Crippen LogP contribution in [-0.4, -0.2) is 47.7 Å². The van der Waals surface area contributed by atoms with Crippen molar-refractivity contribution in [3.63, 3.8) is 0 Å². The van der Waals surface area contributed by atoms with Gasteiger partial charge in [-0.25, -0.2) is 0 Å². The number of halogens is 1. The largest absolute Gasteiger partial charge is 0.481 e. The molecule has 5 nitrogen and oxygen atoms in total. The number of carbonyl (C=O) groups excluding carboxylic acids is 1. The van der Waals surface area contributed by atoms with E-state index in [0.717, 1.165) is 12.0 Å². The smallest absolute Gasteiger partial charge is 0.308 e. The molecule has 3 rings (SSSR count). The van der Waals surface area contributed by atoms with Crippen molar-refractivity contribution in [3.05, 3.63) is 34.9 Å². The van der Waals surface area contributed by atoms with Gasteiger partial charge in [0, 0.05) is 30.6 Å². The third kappa shape index (κ3) is 3.35. The van der Waals surface area contributed by atoms with Crippen LogP contribution in [-0.2, 0) is 14.3 Å². The van der Waals surface area contributed by atoms with Gasteiger partial charge < -0.3 is 14.7 Å². The van der Waals surface area contributed by atoms with E-state index in [0.29, 0.717) is 18.2 Å². The van der Waals surface area contributed by atoms with Crippen molar-refractivity contribution in [2.75, 3.05) is 19.7 Å². The van der Waals surface area contributed by atoms with Crippen LogP contribution in [0.2, 0.25) is 5.02 Å². The second-order valence-corrected chi connectivity index (χ2v) is 6.62. The first-order valence-electron chi connectivity index (χ1n) is 7.90. The Kier molecular flexibility index (Phi) is 4.60. The zero-order chi connectivity index (χ0) is 16.6. The van der Waals surface area contributed by atoms with E-state index in [-0.39, 0.29) is 30.4 Å². The van der Waals surface area contributed by atoms with Crippen LogP contribution in [0.15, 0.2) is 24.3 Å². The molecule has 1 heterocycles. The first-order valence-corrected chi connectivity index (χ1v) is 8.27. The van der Waals surface area contributed by atoms with Gasteiger partial charge in [-0.2, -0.15) is 0 Å². The molecule has 1 saturated carbocycles. The molecule has 2 fully saturated rings. The number of rotatable bonds is 5. The summed E-state index contributed by atoms with van der Waals surface area (Å²) in [4.78, 5) is 25.8. The lowest BCUT2D eigenvalue weighted by Gasteiger charge is -2.16. The topological polar surface area (TPSA) is 66.8 Å². The second kappa shape index (κ2) is 6.49. The van der Waals surface area contributed by atoms with Crippen molar-refractivity contribution >= 4 is 23.5 Å². The van der Waals surface area contributed by atoms with E-state index in [1.807, 2.05) is 19.1 Å². The molecule has 1 aromatic carbocycles. The summed E-state index contributed by atoms with van der Waals surface area (Å²) in [5.41, 5.74) is 0.911. The van der Waals surface area contributed by atoms with E-state index >= 15 is 0 Å². The summed E-state index contributed by atoms with van der Waals surface area (Å²) < 4.78 is 5.47. The fourth-order valence-corrected chi connectivity index (χ4v) is 3.47. The lowest BCUT2D eigenvalue weighted by Crippen LogP contribution is -2.32. The Labute approximate surface area is 140 Å². The summed E-state index contributed by atoms with van der Waals surface area (Å²) in [6, 6.07) is 7.20. The maximum absolute atomic E-state index is 12.5. The van der Waals surface area contributed by atoms with Crippen LogP contribution in [0.25, 0.3) is 0 Å². The molecular formula is C17H20ClNO4. The Balaban J connectivity index is 1.72. The molecule has 1 aliphatic heterocycles. The van der Waals surface area contributed by atoms with Gasteiger partial charge in [-0.05, 0) is 31.0 Å². The highest BCUT2D eigenvalue weighted by molar-refractivity contribution is 6.30. The van der Waals surface area contributed by atoms with E-state index < -0.39 is 11.9 Å². The highest BCUT2D eigenvalue weighted by atomic mass is 35.5. The molecule has 6 heteroatoms. The van der Waals surface area contributed by atoms with Gasteiger partial charge in [0.2, 0.25) is 5.91 Å². The number of amides is 1. The Hall–Kier alpha value is -1.59. The lowest BCUT2D eigenvalue weighted by molar-refractivity contribution is -0.142. The first-order chi connectivity index (χ1) is 11.0. The molecule has 0 spiro atoms. The molecule has 1 N–H and O–H groups in total. The van der Waals surface area contributed by atoms with Gasteiger partial charge >= 0.3 is 5.97 Å². The van der Waals surface area contributed by atoms with Gasteiger partial charge in [-0.15, -0.1) is 0 Å². The van der Waals surface area contributed by atoms with Gasteiger partial charge in [-0.1, -0.05) is 23.7 Å². The molecule has 4 atom stereocenters. The minimum atomic E-state index is -0.864. The monoisotopic (exact) mass is 337 g/mol. The number of benzene rings is 1. The highest BCUT2D eigenvalue weighted by Gasteiger charge is 2.49. The third-order valence-electron chi connectivity index (χ3n) is 4.68. The van der Waals surface area contributed by atoms with E-state index in [2.05, 4.69) is 0 Å². The fraction of sp³-hybridized carbons (Fsp3) is 0.529. The van der Waals surface area contributed by atoms with Crippen molar-refractivity contribution in [1.29, 1.82) is 0 Å². The van der Waals surface area contributed by atoms with Crippen LogP contribution in [0.4, 0.5) is 0 Å². The number of hydrogen-bond donors (Lipinski definition) is 1. The molecule has 1 aromatic rings. The van der Waals surface area contributed by atoms with Crippen LogP contribution in [0.1, 0.15) is 24.8 Å². The maximum atomic E-state index is 12.5. The molecule has 0 radical (unpaired) electrons. The van der Waals surface area contributed by atoms with Gasteiger partial charge in [0.25, 0.3) is 0 Å². The summed E-state index contributed by atoms with van der Waals surface area (Å²) in [6.07, 6.45) is 0.748. The number of carboxylic acids is 1. The van der Waals surface area contributed by atoms with Gasteiger partial charge in [0.15, 0.2) is 0 Å². The fourth-order valence-electron chi connectivity index (χ4n) is 3.35. The second-order valence-electron chi connectivity index (χ2n) is 6.18. The third-order valence-corrected chi connectivity index (χ3v) is 4.93. The van der Waals surface area contributed by atoms with Crippen LogP contribution < -0.4 is 0 Å². The van der Waals surface area contributed by atoms with Gasteiger partial charge in [-0.3, -0.25) is 9.59 Å². The molecule has 0 bridgehead atoms. The van der Waals surface area contributed by atoms with E-state index in [1.165, 1.54) is 0 Å². The number of hydrogen-bond acceptors (Lipinski definition) is 3. The summed E-state index contributed by atoms with van der Waals surface area (Å²) >= 11 is 5.90. The summed E-state index contributed by atoms with van der Waals surface area (Å²) in [6.45, 7) is 3.20. The Morgan fingerprint density at radius 1 is 1.26 bits per heavy atom. The molecule has 1 saturated heterocycles. The Morgan fingerprint density at radius 3 is 2.57 bits per heavy atom. The number of ether oxygens (including phenoxy) is 1. The minimum absolute atomic E-state index is 0.00496. The van der Waals surface area contributed by atoms with Crippen LogP contribution >= 0.6 is 11.6 Å². The van der Waals surface area contributed by atoms with E-state index in [9.17, 15) is 14.7 Å². The standard InChI is InChI=1S/C17H20ClNO4/c1-2-23-15-7-12(15)16(20)19-8-13(14(9-19)17(21)22)10-3-5-11(18)6-4-10/h3-6,12-15H,2,7-9H2,1H3,(H,21,22)/t12?,13-,14+,15?/m0/s1. The average molecular weight is 338 g/mol. The number of likely N-dealkylation sites (tertiary alicyclic amines) is 1. The van der Waals surface area contributed by atoms with Crippen LogP contribution in [0.3, 0.4) is 0 Å². The SMILES string of the molecule is CCOC1CC1C(=O)N1C[C@@H](C(=O)O)[C@H](c2ccc(Cl)cc2)C1. The molecular weight excluding hydrogens is 318 g/mol. The van der Waals surface area contributed by atoms with Crippen molar-refractivity contribution in [1.82, 2.24) is 4.90 Å².